The van der Waals surface area contributed by atoms with Gasteiger partial charge in [-0.3, -0.25) is 9.52 Å². The van der Waals surface area contributed by atoms with Crippen LogP contribution in [0.3, 0.4) is 0 Å². The molecule has 0 atom stereocenters. The highest BCUT2D eigenvalue weighted by Gasteiger charge is 2.13. The Bertz CT molecular complexity index is 738. The molecule has 0 saturated heterocycles. The van der Waals surface area contributed by atoms with E-state index >= 15 is 0 Å². The monoisotopic (exact) mass is 372 g/mol. The van der Waals surface area contributed by atoms with Gasteiger partial charge in [-0.1, -0.05) is 0 Å². The number of benzene rings is 1. The summed E-state index contributed by atoms with van der Waals surface area (Å²) in [4.78, 5) is 11.9. The summed E-state index contributed by atoms with van der Waals surface area (Å²) in [6.45, 7) is 1.56. The van der Waals surface area contributed by atoms with E-state index in [0.29, 0.717) is 21.6 Å². The zero-order valence-corrected chi connectivity index (χ0v) is 13.5. The van der Waals surface area contributed by atoms with Gasteiger partial charge in [-0.15, -0.1) is 0 Å². The third-order valence-electron chi connectivity index (χ3n) is 2.66. The van der Waals surface area contributed by atoms with Gasteiger partial charge in [0.15, 0.2) is 4.67 Å². The first-order valence-electron chi connectivity index (χ1n) is 6.06. The molecule has 1 amide bonds. The number of carbonyl (C=O) groups excluding carboxylic acids is 1. The number of amides is 1. The molecule has 2 rings (SSSR count). The first-order valence-corrected chi connectivity index (χ1v) is 8.50. The highest BCUT2D eigenvalue weighted by Crippen LogP contribution is 2.20. The molecule has 6 nitrogen and oxygen atoms in total. The lowest BCUT2D eigenvalue weighted by Gasteiger charge is -2.08. The van der Waals surface area contributed by atoms with Crippen molar-refractivity contribution < 1.29 is 17.6 Å². The summed E-state index contributed by atoms with van der Waals surface area (Å²) in [5.41, 5.74) is 1.37. The predicted octanol–water partition coefficient (Wildman–Crippen LogP) is 3.06. The molecule has 1 heterocycles. The number of sulfonamides is 1. The average Bonchev–Trinajstić information content (AvgIpc) is 2.87. The van der Waals surface area contributed by atoms with Gasteiger partial charge in [0, 0.05) is 11.4 Å². The summed E-state index contributed by atoms with van der Waals surface area (Å²) in [6, 6.07) is 7.92. The van der Waals surface area contributed by atoms with Crippen LogP contribution in [0.4, 0.5) is 11.4 Å². The molecular formula is C13H13BrN2O4S. The minimum Gasteiger partial charge on any atom is -0.457 e. The Morgan fingerprint density at radius 2 is 1.81 bits per heavy atom. The maximum absolute atomic E-state index is 11.9. The topological polar surface area (TPSA) is 88.4 Å². The van der Waals surface area contributed by atoms with E-state index in [1.165, 1.54) is 6.26 Å². The molecule has 2 aromatic rings. The Morgan fingerprint density at radius 1 is 1.19 bits per heavy atom. The molecule has 0 radical (unpaired) electrons. The number of nitrogens with one attached hydrogen (secondary N) is 2. The number of furan rings is 1. The van der Waals surface area contributed by atoms with Gasteiger partial charge in [-0.05, 0) is 53.2 Å². The molecule has 8 heteroatoms. The number of carbonyl (C=O) groups is 1. The number of halogens is 1. The SMILES string of the molecule is CCS(=O)(=O)Nc1ccc(NC(=O)c2ccoc2Br)cc1. The fourth-order valence-corrected chi connectivity index (χ4v) is 2.59. The lowest BCUT2D eigenvalue weighted by Crippen LogP contribution is -2.15. The first kappa shape index (κ1) is 15.6. The molecule has 0 unspecified atom stereocenters. The van der Waals surface area contributed by atoms with Crippen LogP contribution in [0.15, 0.2) is 45.7 Å². The predicted molar refractivity (Wildman–Crippen MR) is 83.9 cm³/mol. The number of hydrogen-bond acceptors (Lipinski definition) is 4. The summed E-state index contributed by atoms with van der Waals surface area (Å²) in [6.07, 6.45) is 1.40. The van der Waals surface area contributed by atoms with E-state index < -0.39 is 10.0 Å². The van der Waals surface area contributed by atoms with Crippen molar-refractivity contribution in [1.82, 2.24) is 0 Å². The first-order chi connectivity index (χ1) is 9.91. The van der Waals surface area contributed by atoms with Crippen molar-refractivity contribution in [3.8, 4) is 0 Å². The Balaban J connectivity index is 2.06. The summed E-state index contributed by atoms with van der Waals surface area (Å²) >= 11 is 3.13. The normalized spacial score (nSPS) is 11.1. The van der Waals surface area contributed by atoms with Gasteiger partial charge in [-0.2, -0.15) is 0 Å². The van der Waals surface area contributed by atoms with Crippen molar-refractivity contribution in [3.63, 3.8) is 0 Å². The Morgan fingerprint density at radius 3 is 2.33 bits per heavy atom. The molecule has 112 valence electrons. The van der Waals surface area contributed by atoms with Crippen molar-refractivity contribution in [3.05, 3.63) is 46.8 Å². The second-order valence-corrected chi connectivity index (χ2v) is 6.88. The Hall–Kier alpha value is -1.80. The average molecular weight is 373 g/mol. The van der Waals surface area contributed by atoms with Gasteiger partial charge >= 0.3 is 0 Å². The molecule has 0 aliphatic heterocycles. The summed E-state index contributed by atoms with van der Waals surface area (Å²) in [5, 5.41) is 2.68. The summed E-state index contributed by atoms with van der Waals surface area (Å²) in [5.74, 6) is -0.322. The van der Waals surface area contributed by atoms with E-state index in [0.717, 1.165) is 0 Å². The largest absolute Gasteiger partial charge is 0.457 e. The van der Waals surface area contributed by atoms with Gasteiger partial charge in [-0.25, -0.2) is 8.42 Å². The summed E-state index contributed by atoms with van der Waals surface area (Å²) < 4.78 is 30.6. The fourth-order valence-electron chi connectivity index (χ4n) is 1.53. The lowest BCUT2D eigenvalue weighted by molar-refractivity contribution is 0.102. The molecule has 0 aliphatic rings. The van der Waals surface area contributed by atoms with Crippen LogP contribution in [0.1, 0.15) is 17.3 Å². The van der Waals surface area contributed by atoms with Crippen molar-refractivity contribution in [2.75, 3.05) is 15.8 Å². The van der Waals surface area contributed by atoms with E-state index in [-0.39, 0.29) is 11.7 Å². The molecule has 0 fully saturated rings. The van der Waals surface area contributed by atoms with Crippen LogP contribution < -0.4 is 10.0 Å². The number of hydrogen-bond donors (Lipinski definition) is 2. The molecule has 1 aromatic heterocycles. The van der Waals surface area contributed by atoms with Crippen LogP contribution in [0.25, 0.3) is 0 Å². The molecular weight excluding hydrogens is 360 g/mol. The van der Waals surface area contributed by atoms with E-state index in [9.17, 15) is 13.2 Å². The highest BCUT2D eigenvalue weighted by atomic mass is 79.9. The zero-order valence-electron chi connectivity index (χ0n) is 11.1. The molecule has 21 heavy (non-hydrogen) atoms. The van der Waals surface area contributed by atoms with E-state index in [2.05, 4.69) is 26.0 Å². The van der Waals surface area contributed by atoms with Crippen molar-refractivity contribution >= 4 is 43.2 Å². The fraction of sp³-hybridized carbons (Fsp3) is 0.154. The van der Waals surface area contributed by atoms with E-state index in [1.807, 2.05) is 0 Å². The number of rotatable bonds is 5. The standard InChI is InChI=1S/C13H13BrN2O4S/c1-2-21(18,19)16-10-5-3-9(4-6-10)15-13(17)11-7-8-20-12(11)14/h3-8,16H,2H2,1H3,(H,15,17). The molecule has 1 aromatic carbocycles. The van der Waals surface area contributed by atoms with Crippen LogP contribution in [0.5, 0.6) is 0 Å². The van der Waals surface area contributed by atoms with Crippen LogP contribution in [-0.4, -0.2) is 20.1 Å². The van der Waals surface area contributed by atoms with Gasteiger partial charge < -0.3 is 9.73 Å². The molecule has 0 spiro atoms. The molecule has 0 bridgehead atoms. The van der Waals surface area contributed by atoms with Crippen LogP contribution in [0, 0.1) is 0 Å². The van der Waals surface area contributed by atoms with E-state index in [4.69, 9.17) is 4.42 Å². The maximum atomic E-state index is 11.9. The minimum atomic E-state index is -3.31. The molecule has 0 aliphatic carbocycles. The quantitative estimate of drug-likeness (QED) is 0.843. The van der Waals surface area contributed by atoms with Crippen molar-refractivity contribution in [2.45, 2.75) is 6.92 Å². The van der Waals surface area contributed by atoms with Crippen molar-refractivity contribution in [2.24, 2.45) is 0 Å². The van der Waals surface area contributed by atoms with Crippen LogP contribution >= 0.6 is 15.9 Å². The Labute approximate surface area is 130 Å². The number of anilines is 2. The third-order valence-corrected chi connectivity index (χ3v) is 4.58. The third kappa shape index (κ3) is 4.08. The molecule has 2 N–H and O–H groups in total. The second kappa shape index (κ2) is 6.31. The lowest BCUT2D eigenvalue weighted by atomic mass is 10.2. The van der Waals surface area contributed by atoms with Crippen LogP contribution in [-0.2, 0) is 10.0 Å². The minimum absolute atomic E-state index is 0.00000361. The highest BCUT2D eigenvalue weighted by molar-refractivity contribution is 9.10. The van der Waals surface area contributed by atoms with Crippen molar-refractivity contribution in [1.29, 1.82) is 0 Å². The van der Waals surface area contributed by atoms with Gasteiger partial charge in [0.1, 0.15) is 0 Å². The van der Waals surface area contributed by atoms with E-state index in [1.54, 1.807) is 37.3 Å². The maximum Gasteiger partial charge on any atom is 0.260 e. The summed E-state index contributed by atoms with van der Waals surface area (Å²) in [7, 11) is -3.31. The second-order valence-electron chi connectivity index (χ2n) is 4.14. The van der Waals surface area contributed by atoms with Crippen LogP contribution in [0.2, 0.25) is 0 Å². The van der Waals surface area contributed by atoms with Gasteiger partial charge in [0.2, 0.25) is 10.0 Å². The van der Waals surface area contributed by atoms with Gasteiger partial charge in [0.05, 0.1) is 17.6 Å². The smallest absolute Gasteiger partial charge is 0.260 e. The van der Waals surface area contributed by atoms with Gasteiger partial charge in [0.25, 0.3) is 5.91 Å². The Kier molecular flexibility index (Phi) is 4.69. The molecule has 0 saturated carbocycles. The zero-order chi connectivity index (χ0) is 15.5.